The second-order valence-electron chi connectivity index (χ2n) is 6.54. The van der Waals surface area contributed by atoms with Gasteiger partial charge in [-0.25, -0.2) is 4.39 Å². The fourth-order valence-corrected chi connectivity index (χ4v) is 3.01. The number of halogens is 2. The number of nitro benzene ring substituents is 1. The van der Waals surface area contributed by atoms with Gasteiger partial charge in [-0.05, 0) is 48.9 Å². The molecule has 9 heteroatoms. The van der Waals surface area contributed by atoms with Crippen molar-refractivity contribution in [2.24, 2.45) is 0 Å². The Morgan fingerprint density at radius 3 is 2.45 bits per heavy atom. The minimum Gasteiger partial charge on any atom is -0.497 e. The van der Waals surface area contributed by atoms with Gasteiger partial charge in [0.25, 0.3) is 11.6 Å². The Morgan fingerprint density at radius 2 is 1.84 bits per heavy atom. The van der Waals surface area contributed by atoms with Gasteiger partial charge >= 0.3 is 0 Å². The van der Waals surface area contributed by atoms with Crippen LogP contribution in [0, 0.1) is 15.9 Å². The molecule has 0 aliphatic rings. The third-order valence-electron chi connectivity index (χ3n) is 4.44. The van der Waals surface area contributed by atoms with E-state index in [1.807, 2.05) is 0 Å². The standard InChI is InChI=1S/C22H18ClFN2O5/c1-13(22(27)25-20-9-5-15(24)11-19(20)23)31-21-10-6-16(26(28)29)12-18(21)14-3-7-17(30-2)8-4-14/h3-13H,1-2H3,(H,25,27). The summed E-state index contributed by atoms with van der Waals surface area (Å²) in [5.74, 6) is -0.140. The zero-order chi connectivity index (χ0) is 22.5. The number of methoxy groups -OCH3 is 1. The third-order valence-corrected chi connectivity index (χ3v) is 4.75. The molecule has 160 valence electrons. The molecular formula is C22H18ClFN2O5. The van der Waals surface area contributed by atoms with Crippen molar-refractivity contribution in [1.82, 2.24) is 0 Å². The Labute approximate surface area is 182 Å². The quantitative estimate of drug-likeness (QED) is 0.385. The summed E-state index contributed by atoms with van der Waals surface area (Å²) < 4.78 is 24.1. The van der Waals surface area contributed by atoms with Crippen LogP contribution in [0.2, 0.25) is 5.02 Å². The highest BCUT2D eigenvalue weighted by Crippen LogP contribution is 2.35. The number of benzene rings is 3. The molecule has 1 atom stereocenters. The number of rotatable bonds is 7. The smallest absolute Gasteiger partial charge is 0.270 e. The minimum atomic E-state index is -0.973. The Bertz CT molecular complexity index is 1120. The number of hydrogen-bond acceptors (Lipinski definition) is 5. The summed E-state index contributed by atoms with van der Waals surface area (Å²) in [7, 11) is 1.53. The molecule has 3 rings (SSSR count). The van der Waals surface area contributed by atoms with Crippen LogP contribution in [0.4, 0.5) is 15.8 Å². The van der Waals surface area contributed by atoms with Crippen molar-refractivity contribution in [2.45, 2.75) is 13.0 Å². The summed E-state index contributed by atoms with van der Waals surface area (Å²) in [6.07, 6.45) is -0.973. The van der Waals surface area contributed by atoms with Gasteiger partial charge in [-0.3, -0.25) is 14.9 Å². The first-order valence-electron chi connectivity index (χ1n) is 9.14. The average Bonchev–Trinajstić information content (AvgIpc) is 2.75. The number of ether oxygens (including phenoxy) is 2. The molecule has 0 aliphatic heterocycles. The average molecular weight is 445 g/mol. The van der Waals surface area contributed by atoms with Gasteiger partial charge in [0.15, 0.2) is 6.10 Å². The summed E-state index contributed by atoms with van der Waals surface area (Å²) in [6.45, 7) is 1.52. The Morgan fingerprint density at radius 1 is 1.13 bits per heavy atom. The summed E-state index contributed by atoms with van der Waals surface area (Å²) in [6, 6.07) is 14.6. The molecule has 0 radical (unpaired) electrons. The molecule has 0 bridgehead atoms. The second-order valence-corrected chi connectivity index (χ2v) is 6.95. The van der Waals surface area contributed by atoms with E-state index in [1.165, 1.54) is 44.4 Å². The van der Waals surface area contributed by atoms with Gasteiger partial charge in [0, 0.05) is 17.7 Å². The van der Waals surface area contributed by atoms with Crippen LogP contribution in [0.5, 0.6) is 11.5 Å². The maximum atomic E-state index is 13.2. The lowest BCUT2D eigenvalue weighted by molar-refractivity contribution is -0.384. The predicted octanol–water partition coefficient (Wildman–Crippen LogP) is 5.47. The monoisotopic (exact) mass is 444 g/mol. The van der Waals surface area contributed by atoms with E-state index in [-0.39, 0.29) is 22.1 Å². The molecule has 1 N–H and O–H groups in total. The van der Waals surface area contributed by atoms with Crippen LogP contribution in [0.3, 0.4) is 0 Å². The summed E-state index contributed by atoms with van der Waals surface area (Å²) >= 11 is 5.95. The fraction of sp³-hybridized carbons (Fsp3) is 0.136. The van der Waals surface area contributed by atoms with E-state index in [1.54, 1.807) is 24.3 Å². The van der Waals surface area contributed by atoms with Crippen molar-refractivity contribution >= 4 is 28.9 Å². The van der Waals surface area contributed by atoms with E-state index in [0.717, 1.165) is 6.07 Å². The highest BCUT2D eigenvalue weighted by Gasteiger charge is 2.20. The number of carbonyl (C=O) groups is 1. The van der Waals surface area contributed by atoms with E-state index in [9.17, 15) is 19.3 Å². The summed E-state index contributed by atoms with van der Waals surface area (Å²) in [5, 5.41) is 13.9. The van der Waals surface area contributed by atoms with Crippen LogP contribution in [-0.2, 0) is 4.79 Å². The molecule has 1 amide bonds. The predicted molar refractivity (Wildman–Crippen MR) is 115 cm³/mol. The SMILES string of the molecule is COc1ccc(-c2cc([N+](=O)[O-])ccc2OC(C)C(=O)Nc2ccc(F)cc2Cl)cc1. The number of nitrogens with one attached hydrogen (secondary N) is 1. The summed E-state index contributed by atoms with van der Waals surface area (Å²) in [5.41, 5.74) is 1.21. The van der Waals surface area contributed by atoms with Crippen LogP contribution in [0.1, 0.15) is 6.92 Å². The van der Waals surface area contributed by atoms with Gasteiger partial charge in [-0.15, -0.1) is 0 Å². The molecular weight excluding hydrogens is 427 g/mol. The first kappa shape index (κ1) is 22.0. The molecule has 1 unspecified atom stereocenters. The van der Waals surface area contributed by atoms with Crippen molar-refractivity contribution in [3.63, 3.8) is 0 Å². The number of hydrogen-bond donors (Lipinski definition) is 1. The van der Waals surface area contributed by atoms with Gasteiger partial charge in [0.1, 0.15) is 17.3 Å². The van der Waals surface area contributed by atoms with Crippen molar-refractivity contribution in [3.05, 3.63) is 81.6 Å². The first-order chi connectivity index (χ1) is 14.8. The molecule has 0 aromatic heterocycles. The number of non-ortho nitro benzene ring substituents is 1. The zero-order valence-electron chi connectivity index (χ0n) is 16.6. The van der Waals surface area contributed by atoms with Crippen LogP contribution in [-0.4, -0.2) is 24.0 Å². The lowest BCUT2D eigenvalue weighted by atomic mass is 10.0. The molecule has 31 heavy (non-hydrogen) atoms. The van der Waals surface area contributed by atoms with E-state index in [4.69, 9.17) is 21.1 Å². The Hall–Kier alpha value is -3.65. The largest absolute Gasteiger partial charge is 0.497 e. The van der Waals surface area contributed by atoms with Gasteiger partial charge < -0.3 is 14.8 Å². The van der Waals surface area contributed by atoms with Crippen LogP contribution < -0.4 is 14.8 Å². The molecule has 0 aliphatic carbocycles. The Kier molecular flexibility index (Phi) is 6.71. The third kappa shape index (κ3) is 5.29. The van der Waals surface area contributed by atoms with Crippen molar-refractivity contribution in [3.8, 4) is 22.6 Å². The van der Waals surface area contributed by atoms with Crippen LogP contribution in [0.25, 0.3) is 11.1 Å². The number of nitrogens with zero attached hydrogens (tertiary/aromatic N) is 1. The lowest BCUT2D eigenvalue weighted by Crippen LogP contribution is -2.30. The van der Waals surface area contributed by atoms with Crippen molar-refractivity contribution < 1.29 is 23.6 Å². The fourth-order valence-electron chi connectivity index (χ4n) is 2.80. The Balaban J connectivity index is 1.86. The van der Waals surface area contributed by atoms with Gasteiger partial charge in [-0.1, -0.05) is 23.7 Å². The first-order valence-corrected chi connectivity index (χ1v) is 9.51. The van der Waals surface area contributed by atoms with Crippen LogP contribution >= 0.6 is 11.6 Å². The van der Waals surface area contributed by atoms with E-state index >= 15 is 0 Å². The molecule has 0 saturated heterocycles. The number of nitro groups is 1. The maximum absolute atomic E-state index is 13.2. The minimum absolute atomic E-state index is 0.0507. The lowest BCUT2D eigenvalue weighted by Gasteiger charge is -2.18. The van der Waals surface area contributed by atoms with Gasteiger partial charge in [0.2, 0.25) is 0 Å². The van der Waals surface area contributed by atoms with E-state index in [2.05, 4.69) is 5.32 Å². The molecule has 0 spiro atoms. The number of amides is 1. The molecule has 3 aromatic rings. The molecule has 0 saturated carbocycles. The van der Waals surface area contributed by atoms with E-state index in [0.29, 0.717) is 16.9 Å². The zero-order valence-corrected chi connectivity index (χ0v) is 17.4. The normalized spacial score (nSPS) is 11.5. The topological polar surface area (TPSA) is 90.7 Å². The van der Waals surface area contributed by atoms with Gasteiger partial charge in [-0.2, -0.15) is 0 Å². The second kappa shape index (κ2) is 9.44. The van der Waals surface area contributed by atoms with Crippen LogP contribution in [0.15, 0.2) is 60.7 Å². The van der Waals surface area contributed by atoms with Crippen molar-refractivity contribution in [1.29, 1.82) is 0 Å². The molecule has 0 heterocycles. The highest BCUT2D eigenvalue weighted by atomic mass is 35.5. The molecule has 3 aromatic carbocycles. The molecule has 7 nitrogen and oxygen atoms in total. The maximum Gasteiger partial charge on any atom is 0.270 e. The molecule has 0 fully saturated rings. The number of carbonyl (C=O) groups excluding carboxylic acids is 1. The van der Waals surface area contributed by atoms with E-state index < -0.39 is 22.8 Å². The van der Waals surface area contributed by atoms with Gasteiger partial charge in [0.05, 0.1) is 22.7 Å². The number of anilines is 1. The summed E-state index contributed by atoms with van der Waals surface area (Å²) in [4.78, 5) is 23.3. The van der Waals surface area contributed by atoms with Crippen molar-refractivity contribution in [2.75, 3.05) is 12.4 Å². The highest BCUT2D eigenvalue weighted by molar-refractivity contribution is 6.33.